The van der Waals surface area contributed by atoms with Crippen LogP contribution in [0.3, 0.4) is 0 Å². The van der Waals surface area contributed by atoms with E-state index in [-0.39, 0.29) is 11.9 Å². The topological polar surface area (TPSA) is 47.3 Å². The van der Waals surface area contributed by atoms with Crippen molar-refractivity contribution >= 4 is 11.4 Å². The third kappa shape index (κ3) is 4.92. The van der Waals surface area contributed by atoms with Crippen molar-refractivity contribution in [2.45, 2.75) is 39.7 Å². The van der Waals surface area contributed by atoms with Crippen molar-refractivity contribution in [1.29, 1.82) is 0 Å². The van der Waals surface area contributed by atoms with Gasteiger partial charge in [-0.3, -0.25) is 0 Å². The van der Waals surface area contributed by atoms with Gasteiger partial charge in [-0.25, -0.2) is 4.39 Å². The maximum absolute atomic E-state index is 13.2. The number of nitrogen functional groups attached to an aromatic ring is 1. The van der Waals surface area contributed by atoms with E-state index in [1.54, 1.807) is 13.0 Å². The van der Waals surface area contributed by atoms with Crippen LogP contribution in [-0.4, -0.2) is 19.3 Å². The molecule has 0 saturated carbocycles. The van der Waals surface area contributed by atoms with Crippen LogP contribution in [0.25, 0.3) is 0 Å². The number of rotatable bonds is 7. The van der Waals surface area contributed by atoms with Gasteiger partial charge in [0.2, 0.25) is 0 Å². The summed E-state index contributed by atoms with van der Waals surface area (Å²) in [5.41, 5.74) is 7.61. The zero-order chi connectivity index (χ0) is 13.5. The Morgan fingerprint density at radius 2 is 2.06 bits per heavy atom. The maximum Gasteiger partial charge on any atom is 0.128 e. The molecule has 0 aromatic heterocycles. The fraction of sp³-hybridized carbons (Fsp3) is 0.571. The molecular formula is C14H23FN2O. The summed E-state index contributed by atoms with van der Waals surface area (Å²) < 4.78 is 18.7. The van der Waals surface area contributed by atoms with Crippen LogP contribution in [0.1, 0.15) is 32.3 Å². The average molecular weight is 254 g/mol. The van der Waals surface area contributed by atoms with Gasteiger partial charge < -0.3 is 15.8 Å². The van der Waals surface area contributed by atoms with Crippen LogP contribution in [0, 0.1) is 12.7 Å². The van der Waals surface area contributed by atoms with Crippen molar-refractivity contribution < 1.29 is 9.13 Å². The zero-order valence-corrected chi connectivity index (χ0v) is 11.4. The lowest BCUT2D eigenvalue weighted by molar-refractivity contribution is 0.0765. The molecule has 4 heteroatoms. The van der Waals surface area contributed by atoms with E-state index in [1.807, 2.05) is 13.8 Å². The van der Waals surface area contributed by atoms with Gasteiger partial charge in [0.25, 0.3) is 0 Å². The van der Waals surface area contributed by atoms with Gasteiger partial charge in [0, 0.05) is 13.2 Å². The number of hydrogen-bond acceptors (Lipinski definition) is 3. The molecule has 0 amide bonds. The number of halogens is 1. The molecule has 1 aromatic rings. The predicted molar refractivity (Wildman–Crippen MR) is 74.4 cm³/mol. The lowest BCUT2D eigenvalue weighted by Gasteiger charge is -2.11. The quantitative estimate of drug-likeness (QED) is 0.579. The molecule has 3 nitrogen and oxygen atoms in total. The van der Waals surface area contributed by atoms with Crippen LogP contribution in [0.5, 0.6) is 0 Å². The second-order valence-electron chi connectivity index (χ2n) is 4.74. The molecule has 0 unspecified atom stereocenters. The van der Waals surface area contributed by atoms with E-state index in [4.69, 9.17) is 10.5 Å². The second kappa shape index (κ2) is 7.21. The average Bonchev–Trinajstić information content (AvgIpc) is 2.29. The van der Waals surface area contributed by atoms with Crippen LogP contribution in [-0.2, 0) is 4.74 Å². The van der Waals surface area contributed by atoms with Gasteiger partial charge in [0.05, 0.1) is 17.5 Å². The number of ether oxygens (including phenoxy) is 1. The van der Waals surface area contributed by atoms with Crippen molar-refractivity contribution in [3.63, 3.8) is 0 Å². The molecule has 0 aliphatic rings. The standard InChI is InChI=1S/C14H23FN2O/c1-10(2)18-7-5-4-6-17-14-8-11(3)12(15)9-13(14)16/h8-10,17H,4-7,16H2,1-3H3. The van der Waals surface area contributed by atoms with Crippen LogP contribution >= 0.6 is 0 Å². The monoisotopic (exact) mass is 254 g/mol. The predicted octanol–water partition coefficient (Wildman–Crippen LogP) is 3.33. The summed E-state index contributed by atoms with van der Waals surface area (Å²) in [4.78, 5) is 0. The van der Waals surface area contributed by atoms with Crippen molar-refractivity contribution in [3.8, 4) is 0 Å². The summed E-state index contributed by atoms with van der Waals surface area (Å²) in [5.74, 6) is -0.261. The molecule has 1 aromatic carbocycles. The summed E-state index contributed by atoms with van der Waals surface area (Å²) in [7, 11) is 0. The number of unbranched alkanes of at least 4 members (excludes halogenated alkanes) is 1. The van der Waals surface area contributed by atoms with Crippen molar-refractivity contribution in [3.05, 3.63) is 23.5 Å². The van der Waals surface area contributed by atoms with Crippen molar-refractivity contribution in [2.24, 2.45) is 0 Å². The smallest absolute Gasteiger partial charge is 0.128 e. The maximum atomic E-state index is 13.2. The van der Waals surface area contributed by atoms with E-state index in [1.165, 1.54) is 6.07 Å². The Morgan fingerprint density at radius 1 is 1.33 bits per heavy atom. The Labute approximate surface area is 109 Å². The van der Waals surface area contributed by atoms with Crippen LogP contribution in [0.4, 0.5) is 15.8 Å². The van der Waals surface area contributed by atoms with E-state index in [2.05, 4.69) is 5.32 Å². The number of aryl methyl sites for hydroxylation is 1. The largest absolute Gasteiger partial charge is 0.397 e. The van der Waals surface area contributed by atoms with E-state index >= 15 is 0 Å². The van der Waals surface area contributed by atoms with Gasteiger partial charge in [-0.15, -0.1) is 0 Å². The zero-order valence-electron chi connectivity index (χ0n) is 11.4. The van der Waals surface area contributed by atoms with E-state index < -0.39 is 0 Å². The first-order valence-corrected chi connectivity index (χ1v) is 6.41. The van der Waals surface area contributed by atoms with E-state index in [0.29, 0.717) is 11.3 Å². The third-order valence-electron chi connectivity index (χ3n) is 2.67. The van der Waals surface area contributed by atoms with Gasteiger partial charge in [-0.05, 0) is 51.3 Å². The summed E-state index contributed by atoms with van der Waals surface area (Å²) in [6, 6.07) is 3.11. The van der Waals surface area contributed by atoms with Gasteiger partial charge in [0.15, 0.2) is 0 Å². The Morgan fingerprint density at radius 3 is 2.72 bits per heavy atom. The van der Waals surface area contributed by atoms with Crippen LogP contribution < -0.4 is 11.1 Å². The molecule has 0 aliphatic heterocycles. The first kappa shape index (κ1) is 14.8. The van der Waals surface area contributed by atoms with Crippen molar-refractivity contribution in [1.82, 2.24) is 0 Å². The highest BCUT2D eigenvalue weighted by atomic mass is 19.1. The highest BCUT2D eigenvalue weighted by Gasteiger charge is 2.04. The van der Waals surface area contributed by atoms with Gasteiger partial charge in [-0.1, -0.05) is 0 Å². The summed E-state index contributed by atoms with van der Waals surface area (Å²) in [6.45, 7) is 7.38. The fourth-order valence-corrected chi connectivity index (χ4v) is 1.62. The second-order valence-corrected chi connectivity index (χ2v) is 4.74. The van der Waals surface area contributed by atoms with Crippen LogP contribution in [0.15, 0.2) is 12.1 Å². The SMILES string of the molecule is Cc1cc(NCCCCOC(C)C)c(N)cc1F. The van der Waals surface area contributed by atoms with E-state index in [9.17, 15) is 4.39 Å². The number of hydrogen-bond donors (Lipinski definition) is 2. The van der Waals surface area contributed by atoms with E-state index in [0.717, 1.165) is 31.7 Å². The number of nitrogens with one attached hydrogen (secondary N) is 1. The Kier molecular flexibility index (Phi) is 5.92. The molecule has 102 valence electrons. The molecular weight excluding hydrogens is 231 g/mol. The van der Waals surface area contributed by atoms with Crippen molar-refractivity contribution in [2.75, 3.05) is 24.2 Å². The molecule has 0 bridgehead atoms. The molecule has 3 N–H and O–H groups in total. The lowest BCUT2D eigenvalue weighted by Crippen LogP contribution is -2.08. The normalized spacial score (nSPS) is 10.9. The highest BCUT2D eigenvalue weighted by Crippen LogP contribution is 2.22. The van der Waals surface area contributed by atoms with Crippen LogP contribution in [0.2, 0.25) is 0 Å². The molecule has 18 heavy (non-hydrogen) atoms. The number of anilines is 2. The highest BCUT2D eigenvalue weighted by molar-refractivity contribution is 5.67. The molecule has 0 heterocycles. The molecule has 0 fully saturated rings. The molecule has 1 rings (SSSR count). The minimum Gasteiger partial charge on any atom is -0.397 e. The molecule has 0 atom stereocenters. The molecule has 0 spiro atoms. The first-order valence-electron chi connectivity index (χ1n) is 6.41. The summed E-state index contributed by atoms with van der Waals surface area (Å²) in [6.07, 6.45) is 2.29. The third-order valence-corrected chi connectivity index (χ3v) is 2.67. The molecule has 0 aliphatic carbocycles. The minimum atomic E-state index is -0.261. The Hall–Kier alpha value is -1.29. The Balaban J connectivity index is 2.29. The molecule has 0 saturated heterocycles. The lowest BCUT2D eigenvalue weighted by atomic mass is 10.1. The summed E-state index contributed by atoms with van der Waals surface area (Å²) in [5, 5.41) is 3.22. The van der Waals surface area contributed by atoms with Gasteiger partial charge >= 0.3 is 0 Å². The summed E-state index contributed by atoms with van der Waals surface area (Å²) >= 11 is 0. The first-order chi connectivity index (χ1) is 8.50. The molecule has 0 radical (unpaired) electrons. The fourth-order valence-electron chi connectivity index (χ4n) is 1.62. The Bertz CT molecular complexity index is 380. The number of nitrogens with two attached hydrogens (primary N) is 1. The van der Waals surface area contributed by atoms with Gasteiger partial charge in [-0.2, -0.15) is 0 Å². The number of benzene rings is 1. The van der Waals surface area contributed by atoms with Gasteiger partial charge in [0.1, 0.15) is 5.82 Å². The minimum absolute atomic E-state index is 0.261.